The SMILES string of the molecule is O=C(CCC(F)(F)F)N[C@@H](c1cnn2cc([C@@H](NC(=O)[C@H]3C[C@H]3C(F)F)C3CCC(F)(F)CC3)nc2c1)C1CC1. The number of hydrogen-bond acceptors (Lipinski definition) is 4. The first-order valence-corrected chi connectivity index (χ1v) is 13.5. The molecule has 3 fully saturated rings. The van der Waals surface area contributed by atoms with Gasteiger partial charge in [-0.05, 0) is 55.6 Å². The number of fused-ring (bicyclic) bond motifs is 1. The van der Waals surface area contributed by atoms with E-state index < -0.39 is 67.1 Å². The zero-order valence-corrected chi connectivity index (χ0v) is 21.4. The first-order chi connectivity index (χ1) is 18.8. The number of carbonyl (C=O) groups excluding carboxylic acids is 2. The van der Waals surface area contributed by atoms with Crippen LogP contribution in [0, 0.1) is 23.7 Å². The number of hydrogen-bond donors (Lipinski definition) is 2. The molecule has 0 unspecified atom stereocenters. The van der Waals surface area contributed by atoms with Crippen LogP contribution < -0.4 is 10.6 Å². The minimum Gasteiger partial charge on any atom is -0.349 e. The van der Waals surface area contributed by atoms with Crippen LogP contribution in [0.1, 0.15) is 81.1 Å². The van der Waals surface area contributed by atoms with Crippen LogP contribution in [-0.4, -0.2) is 44.9 Å². The van der Waals surface area contributed by atoms with Crippen LogP contribution >= 0.6 is 0 Å². The maximum absolute atomic E-state index is 13.9. The summed E-state index contributed by atoms with van der Waals surface area (Å²) in [5.41, 5.74) is 1.24. The molecule has 2 amide bonds. The van der Waals surface area contributed by atoms with E-state index in [0.717, 1.165) is 12.8 Å². The molecule has 0 saturated heterocycles. The lowest BCUT2D eigenvalue weighted by molar-refractivity contribution is -0.144. The maximum atomic E-state index is 13.9. The maximum Gasteiger partial charge on any atom is 0.389 e. The topological polar surface area (TPSA) is 88.4 Å². The van der Waals surface area contributed by atoms with E-state index in [0.29, 0.717) is 16.9 Å². The Morgan fingerprint density at radius 3 is 2.33 bits per heavy atom. The Hall–Kier alpha value is -2.93. The van der Waals surface area contributed by atoms with E-state index in [2.05, 4.69) is 20.7 Å². The normalized spacial score (nSPS) is 24.6. The average molecular weight is 578 g/mol. The summed E-state index contributed by atoms with van der Waals surface area (Å²) in [6.45, 7) is 0. The molecule has 14 heteroatoms. The predicted octanol–water partition coefficient (Wildman–Crippen LogP) is 5.52. The van der Waals surface area contributed by atoms with Gasteiger partial charge >= 0.3 is 6.18 Å². The van der Waals surface area contributed by atoms with Crippen LogP contribution in [0.5, 0.6) is 0 Å². The highest BCUT2D eigenvalue weighted by atomic mass is 19.4. The van der Waals surface area contributed by atoms with Gasteiger partial charge in [0, 0.05) is 31.1 Å². The van der Waals surface area contributed by atoms with Crippen molar-refractivity contribution in [1.82, 2.24) is 25.2 Å². The monoisotopic (exact) mass is 577 g/mol. The second-order valence-electron chi connectivity index (χ2n) is 11.3. The number of halogens is 7. The minimum atomic E-state index is -4.45. The summed E-state index contributed by atoms with van der Waals surface area (Å²) in [4.78, 5) is 29.6. The van der Waals surface area contributed by atoms with Gasteiger partial charge < -0.3 is 10.6 Å². The summed E-state index contributed by atoms with van der Waals surface area (Å²) >= 11 is 0. The Morgan fingerprint density at radius 2 is 1.73 bits per heavy atom. The number of alkyl halides is 7. The molecule has 220 valence electrons. The van der Waals surface area contributed by atoms with E-state index in [1.807, 2.05) is 0 Å². The standard InChI is InChI=1S/C26H30F7N5O2/c27-23(28)16-10-17(16)24(40)37-22(14-3-6-25(29,30)7-4-14)18-12-38-19(35-18)9-15(11-34-38)21(13-1-2-13)36-20(39)5-8-26(31,32)33/h9,11-14,16-17,21-23H,1-8,10H2,(H,36,39)(H,37,40)/t16-,17+,21-,22+/m1/s1. The molecule has 0 aromatic carbocycles. The molecule has 2 aromatic rings. The van der Waals surface area contributed by atoms with Gasteiger partial charge in [-0.2, -0.15) is 18.3 Å². The first kappa shape index (κ1) is 28.6. The Morgan fingerprint density at radius 1 is 1.05 bits per heavy atom. The van der Waals surface area contributed by atoms with Crippen molar-refractivity contribution in [2.24, 2.45) is 23.7 Å². The average Bonchev–Trinajstić information content (AvgIpc) is 3.80. The van der Waals surface area contributed by atoms with Gasteiger partial charge in [-0.1, -0.05) is 0 Å². The highest BCUT2D eigenvalue weighted by Gasteiger charge is 2.50. The van der Waals surface area contributed by atoms with E-state index in [9.17, 15) is 40.3 Å². The fraction of sp³-hybridized carbons (Fsp3) is 0.692. The lowest BCUT2D eigenvalue weighted by Gasteiger charge is -2.33. The summed E-state index contributed by atoms with van der Waals surface area (Å²) in [6.07, 6.45) is -4.81. The highest BCUT2D eigenvalue weighted by molar-refractivity contribution is 5.82. The fourth-order valence-corrected chi connectivity index (χ4v) is 5.52. The zero-order valence-electron chi connectivity index (χ0n) is 21.4. The molecule has 0 aliphatic heterocycles. The van der Waals surface area contributed by atoms with Crippen LogP contribution in [0.3, 0.4) is 0 Å². The van der Waals surface area contributed by atoms with E-state index in [1.165, 1.54) is 10.7 Å². The minimum absolute atomic E-state index is 0.0470. The summed E-state index contributed by atoms with van der Waals surface area (Å²) in [5.74, 6) is -6.29. The van der Waals surface area contributed by atoms with Crippen molar-refractivity contribution in [3.05, 3.63) is 29.7 Å². The zero-order chi connectivity index (χ0) is 28.8. The lowest BCUT2D eigenvalue weighted by Crippen LogP contribution is -2.38. The molecule has 2 N–H and O–H groups in total. The molecule has 0 bridgehead atoms. The Balaban J connectivity index is 1.36. The predicted molar refractivity (Wildman–Crippen MR) is 127 cm³/mol. The van der Waals surface area contributed by atoms with Crippen LogP contribution in [0.4, 0.5) is 30.7 Å². The van der Waals surface area contributed by atoms with Crippen LogP contribution in [0.2, 0.25) is 0 Å². The number of rotatable bonds is 10. The molecule has 3 aliphatic carbocycles. The van der Waals surface area contributed by atoms with E-state index >= 15 is 0 Å². The van der Waals surface area contributed by atoms with Gasteiger partial charge in [0.1, 0.15) is 0 Å². The molecule has 2 heterocycles. The van der Waals surface area contributed by atoms with Crippen molar-refractivity contribution in [1.29, 1.82) is 0 Å². The van der Waals surface area contributed by atoms with Gasteiger partial charge in [-0.15, -0.1) is 0 Å². The Labute approximate surface area is 225 Å². The number of amides is 2. The van der Waals surface area contributed by atoms with Gasteiger partial charge in [0.15, 0.2) is 5.65 Å². The van der Waals surface area contributed by atoms with Crippen molar-refractivity contribution < 1.29 is 40.3 Å². The number of nitrogens with zero attached hydrogens (tertiary/aromatic N) is 3. The number of carbonyl (C=O) groups is 2. The van der Waals surface area contributed by atoms with Crippen LogP contribution in [-0.2, 0) is 9.59 Å². The summed E-state index contributed by atoms with van der Waals surface area (Å²) in [6, 6.07) is 0.315. The third-order valence-electron chi connectivity index (χ3n) is 8.11. The number of imidazole rings is 1. The van der Waals surface area contributed by atoms with Gasteiger partial charge in [-0.3, -0.25) is 9.59 Å². The largest absolute Gasteiger partial charge is 0.389 e. The quantitative estimate of drug-likeness (QED) is 0.364. The molecule has 3 aliphatic rings. The molecule has 2 aromatic heterocycles. The molecular formula is C26H30F7N5O2. The fourth-order valence-electron chi connectivity index (χ4n) is 5.52. The van der Waals surface area contributed by atoms with Gasteiger partial charge in [0.25, 0.3) is 0 Å². The Kier molecular flexibility index (Phi) is 7.73. The number of nitrogens with one attached hydrogen (secondary N) is 2. The van der Waals surface area contributed by atoms with E-state index in [-0.39, 0.29) is 43.9 Å². The molecule has 0 spiro atoms. The highest BCUT2D eigenvalue weighted by Crippen LogP contribution is 2.46. The summed E-state index contributed by atoms with van der Waals surface area (Å²) in [5, 5.41) is 9.79. The van der Waals surface area contributed by atoms with Crippen molar-refractivity contribution in [2.45, 2.75) is 88.4 Å². The molecule has 3 saturated carbocycles. The van der Waals surface area contributed by atoms with Gasteiger partial charge in [0.05, 0.1) is 36.6 Å². The molecule has 7 nitrogen and oxygen atoms in total. The lowest BCUT2D eigenvalue weighted by atomic mass is 9.81. The summed E-state index contributed by atoms with van der Waals surface area (Å²) < 4.78 is 92.9. The van der Waals surface area contributed by atoms with Crippen molar-refractivity contribution in [3.8, 4) is 0 Å². The van der Waals surface area contributed by atoms with Crippen LogP contribution in [0.15, 0.2) is 18.5 Å². The Bertz CT molecular complexity index is 1240. The van der Waals surface area contributed by atoms with E-state index in [4.69, 9.17) is 0 Å². The molecule has 0 radical (unpaired) electrons. The first-order valence-electron chi connectivity index (χ1n) is 13.5. The van der Waals surface area contributed by atoms with Crippen molar-refractivity contribution in [3.63, 3.8) is 0 Å². The molecule has 4 atom stereocenters. The van der Waals surface area contributed by atoms with E-state index in [1.54, 1.807) is 12.3 Å². The molecule has 40 heavy (non-hydrogen) atoms. The van der Waals surface area contributed by atoms with Crippen LogP contribution in [0.25, 0.3) is 5.65 Å². The summed E-state index contributed by atoms with van der Waals surface area (Å²) in [7, 11) is 0. The van der Waals surface area contributed by atoms with Gasteiger partial charge in [-0.25, -0.2) is 27.1 Å². The number of aromatic nitrogens is 3. The second kappa shape index (κ2) is 10.8. The molecular weight excluding hydrogens is 547 g/mol. The van der Waals surface area contributed by atoms with Gasteiger partial charge in [0.2, 0.25) is 24.2 Å². The van der Waals surface area contributed by atoms with Crippen molar-refractivity contribution in [2.75, 3.05) is 0 Å². The smallest absolute Gasteiger partial charge is 0.349 e. The third kappa shape index (κ3) is 6.85. The molecule has 5 rings (SSSR count). The second-order valence-corrected chi connectivity index (χ2v) is 11.3. The third-order valence-corrected chi connectivity index (χ3v) is 8.11. The van der Waals surface area contributed by atoms with Crippen molar-refractivity contribution >= 4 is 17.5 Å².